The van der Waals surface area contributed by atoms with Crippen LogP contribution < -0.4 is 11.1 Å². The van der Waals surface area contributed by atoms with Gasteiger partial charge >= 0.3 is 0 Å². The third-order valence-electron chi connectivity index (χ3n) is 5.03. The zero-order valence-corrected chi connectivity index (χ0v) is 15.6. The zero-order valence-electron chi connectivity index (χ0n) is 14.7. The van der Waals surface area contributed by atoms with Gasteiger partial charge < -0.3 is 15.6 Å². The highest BCUT2D eigenvalue weighted by molar-refractivity contribution is 7.99. The minimum absolute atomic E-state index is 0.0628. The Hall–Kier alpha value is -1.57. The van der Waals surface area contributed by atoms with E-state index in [9.17, 15) is 9.59 Å². The maximum Gasteiger partial charge on any atom is 0.230 e. The van der Waals surface area contributed by atoms with E-state index < -0.39 is 0 Å². The van der Waals surface area contributed by atoms with E-state index in [1.165, 1.54) is 31.0 Å². The molecule has 3 rings (SSSR count). The fourth-order valence-electron chi connectivity index (χ4n) is 3.42. The van der Waals surface area contributed by atoms with Gasteiger partial charge in [0, 0.05) is 24.9 Å². The first-order valence-electron chi connectivity index (χ1n) is 9.19. The Morgan fingerprint density at radius 3 is 2.68 bits per heavy atom. The van der Waals surface area contributed by atoms with Crippen LogP contribution in [0, 0.1) is 5.92 Å². The van der Waals surface area contributed by atoms with Crippen molar-refractivity contribution in [2.75, 3.05) is 5.75 Å². The van der Waals surface area contributed by atoms with Crippen molar-refractivity contribution in [1.82, 2.24) is 20.1 Å². The number of aromatic nitrogens is 3. The minimum Gasteiger partial charge on any atom is -0.370 e. The van der Waals surface area contributed by atoms with Gasteiger partial charge in [0.1, 0.15) is 5.82 Å². The minimum atomic E-state index is -0.333. The van der Waals surface area contributed by atoms with Crippen LogP contribution in [0.2, 0.25) is 0 Å². The molecular formula is C17H27N5O2S. The van der Waals surface area contributed by atoms with Gasteiger partial charge in [0.25, 0.3) is 0 Å². The molecule has 0 aliphatic heterocycles. The second kappa shape index (κ2) is 8.21. The molecule has 2 atom stereocenters. The van der Waals surface area contributed by atoms with Crippen LogP contribution in [0.15, 0.2) is 5.16 Å². The second-order valence-electron chi connectivity index (χ2n) is 7.19. The van der Waals surface area contributed by atoms with Crippen LogP contribution in [-0.4, -0.2) is 38.4 Å². The number of carbonyl (C=O) groups excluding carboxylic acids is 2. The number of nitrogens with zero attached hydrogens (tertiary/aromatic N) is 3. The van der Waals surface area contributed by atoms with Crippen LogP contribution in [0.3, 0.4) is 0 Å². The van der Waals surface area contributed by atoms with Crippen molar-refractivity contribution in [2.45, 2.75) is 75.5 Å². The van der Waals surface area contributed by atoms with Crippen LogP contribution >= 0.6 is 11.8 Å². The van der Waals surface area contributed by atoms with E-state index in [4.69, 9.17) is 5.73 Å². The van der Waals surface area contributed by atoms with Crippen molar-refractivity contribution in [3.63, 3.8) is 0 Å². The summed E-state index contributed by atoms with van der Waals surface area (Å²) in [7, 11) is 0. The predicted octanol–water partition coefficient (Wildman–Crippen LogP) is 1.82. The largest absolute Gasteiger partial charge is 0.370 e. The van der Waals surface area contributed by atoms with Gasteiger partial charge in [-0.3, -0.25) is 9.59 Å². The van der Waals surface area contributed by atoms with Crippen LogP contribution in [-0.2, 0) is 16.0 Å². The Morgan fingerprint density at radius 2 is 2.00 bits per heavy atom. The van der Waals surface area contributed by atoms with Gasteiger partial charge in [-0.15, -0.1) is 10.2 Å². The van der Waals surface area contributed by atoms with Gasteiger partial charge in [-0.2, -0.15) is 0 Å². The molecule has 0 unspecified atom stereocenters. The summed E-state index contributed by atoms with van der Waals surface area (Å²) in [6, 6.07) is 0.705. The molecule has 0 radical (unpaired) electrons. The van der Waals surface area contributed by atoms with Crippen LogP contribution in [0.4, 0.5) is 0 Å². The van der Waals surface area contributed by atoms with Gasteiger partial charge in [0.15, 0.2) is 5.16 Å². The molecule has 8 heteroatoms. The normalized spacial score (nSPS) is 23.4. The lowest BCUT2D eigenvalue weighted by Gasteiger charge is -2.29. The molecule has 2 aliphatic rings. The van der Waals surface area contributed by atoms with Crippen LogP contribution in [0.1, 0.15) is 63.7 Å². The molecule has 0 aromatic carbocycles. The molecule has 0 saturated heterocycles. The molecule has 2 aliphatic carbocycles. The first-order chi connectivity index (χ1) is 12.0. The average Bonchev–Trinajstić information content (AvgIpc) is 3.33. The molecule has 2 saturated carbocycles. The molecular weight excluding hydrogens is 338 g/mol. The molecule has 0 spiro atoms. The lowest BCUT2D eigenvalue weighted by molar-refractivity contribution is -0.120. The number of carbonyl (C=O) groups is 2. The molecule has 1 aromatic rings. The SMILES string of the molecule is C[C@H]1CCCC[C@H]1NC(=O)CSc1nnc(CCC(N)=O)n1C1CC1. The van der Waals surface area contributed by atoms with Gasteiger partial charge in [-0.05, 0) is 31.6 Å². The smallest absolute Gasteiger partial charge is 0.230 e. The first-order valence-corrected chi connectivity index (χ1v) is 10.2. The Balaban J connectivity index is 1.55. The second-order valence-corrected chi connectivity index (χ2v) is 8.13. The van der Waals surface area contributed by atoms with Gasteiger partial charge in [0.05, 0.1) is 5.75 Å². The number of primary amides is 1. The molecule has 3 N–H and O–H groups in total. The maximum absolute atomic E-state index is 12.3. The van der Waals surface area contributed by atoms with E-state index in [-0.39, 0.29) is 18.2 Å². The van der Waals surface area contributed by atoms with Gasteiger partial charge in [-0.25, -0.2) is 0 Å². The van der Waals surface area contributed by atoms with Crippen LogP contribution in [0.25, 0.3) is 0 Å². The molecule has 7 nitrogen and oxygen atoms in total. The summed E-state index contributed by atoms with van der Waals surface area (Å²) in [6.07, 6.45) is 7.70. The van der Waals surface area contributed by atoms with E-state index in [1.54, 1.807) is 0 Å². The average molecular weight is 366 g/mol. The molecule has 25 heavy (non-hydrogen) atoms. The molecule has 2 amide bonds. The van der Waals surface area contributed by atoms with Crippen molar-refractivity contribution in [3.05, 3.63) is 5.82 Å². The van der Waals surface area contributed by atoms with Gasteiger partial charge in [0.2, 0.25) is 11.8 Å². The fourth-order valence-corrected chi connectivity index (χ4v) is 4.26. The monoisotopic (exact) mass is 365 g/mol. The highest BCUT2D eigenvalue weighted by Crippen LogP contribution is 2.39. The number of nitrogens with one attached hydrogen (secondary N) is 1. The summed E-state index contributed by atoms with van der Waals surface area (Å²) >= 11 is 1.43. The number of thioether (sulfide) groups is 1. The summed E-state index contributed by atoms with van der Waals surface area (Å²) in [5.74, 6) is 1.43. The van der Waals surface area contributed by atoms with E-state index in [2.05, 4.69) is 27.0 Å². The summed E-state index contributed by atoms with van der Waals surface area (Å²) in [5, 5.41) is 12.4. The van der Waals surface area contributed by atoms with Crippen molar-refractivity contribution in [3.8, 4) is 0 Å². The maximum atomic E-state index is 12.3. The molecule has 0 bridgehead atoms. The Labute approximate surface area is 152 Å². The highest BCUT2D eigenvalue weighted by atomic mass is 32.2. The number of hydrogen-bond donors (Lipinski definition) is 2. The van der Waals surface area contributed by atoms with E-state index in [0.717, 1.165) is 30.2 Å². The van der Waals surface area contributed by atoms with Crippen molar-refractivity contribution in [2.24, 2.45) is 11.7 Å². The lowest BCUT2D eigenvalue weighted by atomic mass is 9.86. The Morgan fingerprint density at radius 1 is 1.24 bits per heavy atom. The number of amides is 2. The third-order valence-corrected chi connectivity index (χ3v) is 5.98. The number of rotatable bonds is 8. The fraction of sp³-hybridized carbons (Fsp3) is 0.765. The summed E-state index contributed by atoms with van der Waals surface area (Å²) in [4.78, 5) is 23.3. The van der Waals surface area contributed by atoms with Crippen LogP contribution in [0.5, 0.6) is 0 Å². The quantitative estimate of drug-likeness (QED) is 0.684. The summed E-state index contributed by atoms with van der Waals surface area (Å²) in [6.45, 7) is 2.21. The van der Waals surface area contributed by atoms with E-state index in [1.807, 2.05) is 0 Å². The number of nitrogens with two attached hydrogens (primary N) is 1. The predicted molar refractivity (Wildman–Crippen MR) is 96.1 cm³/mol. The highest BCUT2D eigenvalue weighted by Gasteiger charge is 2.30. The lowest BCUT2D eigenvalue weighted by Crippen LogP contribution is -2.41. The number of aryl methyl sites for hydroxylation is 1. The van der Waals surface area contributed by atoms with Crippen molar-refractivity contribution in [1.29, 1.82) is 0 Å². The molecule has 138 valence electrons. The molecule has 1 aromatic heterocycles. The zero-order chi connectivity index (χ0) is 17.8. The van der Waals surface area contributed by atoms with Gasteiger partial charge in [-0.1, -0.05) is 31.5 Å². The standard InChI is InChI=1S/C17H27N5O2S/c1-11-4-2-3-5-13(11)19-16(24)10-25-17-21-20-15(9-8-14(18)23)22(17)12-6-7-12/h11-13H,2-10H2,1H3,(H2,18,23)(H,19,24)/t11-,13+/m0/s1. The summed E-state index contributed by atoms with van der Waals surface area (Å²) < 4.78 is 2.09. The number of hydrogen-bond acceptors (Lipinski definition) is 5. The molecule has 1 heterocycles. The van der Waals surface area contributed by atoms with E-state index in [0.29, 0.717) is 30.2 Å². The Bertz CT molecular complexity index is 629. The summed E-state index contributed by atoms with van der Waals surface area (Å²) in [5.41, 5.74) is 5.23. The van der Waals surface area contributed by atoms with Crippen molar-refractivity contribution >= 4 is 23.6 Å². The first kappa shape index (κ1) is 18.2. The topological polar surface area (TPSA) is 103 Å². The third kappa shape index (κ3) is 4.96. The Kier molecular flexibility index (Phi) is 5.98. The van der Waals surface area contributed by atoms with E-state index >= 15 is 0 Å². The van der Waals surface area contributed by atoms with Crippen molar-refractivity contribution < 1.29 is 9.59 Å². The molecule has 2 fully saturated rings.